The second kappa shape index (κ2) is 5.27. The Morgan fingerprint density at radius 3 is 2.47 bits per heavy atom. The molecule has 0 atom stereocenters. The summed E-state index contributed by atoms with van der Waals surface area (Å²) >= 11 is 3.40. The van der Waals surface area contributed by atoms with Gasteiger partial charge in [-0.15, -0.1) is 0 Å². The lowest BCUT2D eigenvalue weighted by atomic mass is 10.2. The fourth-order valence-corrected chi connectivity index (χ4v) is 1.88. The molecule has 2 aromatic rings. The summed E-state index contributed by atoms with van der Waals surface area (Å²) in [6.45, 7) is 0.444. The average Bonchev–Trinajstić information content (AvgIpc) is 2.32. The Labute approximate surface area is 107 Å². The predicted octanol–water partition coefficient (Wildman–Crippen LogP) is 4.34. The van der Waals surface area contributed by atoms with Crippen LogP contribution >= 0.6 is 15.9 Å². The van der Waals surface area contributed by atoms with Gasteiger partial charge in [0.2, 0.25) is 0 Å². The van der Waals surface area contributed by atoms with Crippen LogP contribution in [0.4, 0.5) is 14.5 Å². The van der Waals surface area contributed by atoms with Crippen LogP contribution in [0.3, 0.4) is 0 Å². The topological polar surface area (TPSA) is 12.0 Å². The largest absolute Gasteiger partial charge is 0.380 e. The number of halogens is 3. The second-order valence-electron chi connectivity index (χ2n) is 3.58. The van der Waals surface area contributed by atoms with E-state index in [9.17, 15) is 8.78 Å². The number of para-hydroxylation sites is 1. The van der Waals surface area contributed by atoms with Crippen molar-refractivity contribution in [2.24, 2.45) is 0 Å². The molecule has 4 heteroatoms. The Kier molecular flexibility index (Phi) is 3.74. The maximum Gasteiger partial charge on any atom is 0.159 e. The third-order valence-electron chi connectivity index (χ3n) is 2.34. The van der Waals surface area contributed by atoms with Crippen molar-refractivity contribution in [3.8, 4) is 0 Å². The number of anilines is 1. The van der Waals surface area contributed by atoms with Crippen molar-refractivity contribution in [1.82, 2.24) is 0 Å². The minimum absolute atomic E-state index is 0.444. The van der Waals surface area contributed by atoms with E-state index in [1.165, 1.54) is 6.07 Å². The average molecular weight is 298 g/mol. The van der Waals surface area contributed by atoms with Crippen LogP contribution in [-0.4, -0.2) is 0 Å². The normalized spacial score (nSPS) is 10.3. The van der Waals surface area contributed by atoms with Crippen LogP contribution in [0.1, 0.15) is 5.56 Å². The third-order valence-corrected chi connectivity index (χ3v) is 3.03. The summed E-state index contributed by atoms with van der Waals surface area (Å²) in [7, 11) is 0. The molecule has 2 rings (SSSR count). The van der Waals surface area contributed by atoms with Gasteiger partial charge in [-0.05, 0) is 45.8 Å². The van der Waals surface area contributed by atoms with E-state index < -0.39 is 11.6 Å². The molecule has 1 nitrogen and oxygen atoms in total. The highest BCUT2D eigenvalue weighted by atomic mass is 79.9. The van der Waals surface area contributed by atoms with Gasteiger partial charge in [-0.3, -0.25) is 0 Å². The van der Waals surface area contributed by atoms with E-state index in [0.717, 1.165) is 16.2 Å². The highest BCUT2D eigenvalue weighted by Crippen LogP contribution is 2.22. The molecule has 0 bridgehead atoms. The standard InChI is InChI=1S/C13H10BrF2N/c14-10-3-1-2-4-13(10)17-8-9-5-6-11(15)12(16)7-9/h1-7,17H,8H2. The molecule has 0 amide bonds. The maximum atomic E-state index is 13.0. The van der Waals surface area contributed by atoms with Crippen LogP contribution in [0.25, 0.3) is 0 Å². The summed E-state index contributed by atoms with van der Waals surface area (Å²) in [5.41, 5.74) is 1.61. The van der Waals surface area contributed by atoms with Crippen molar-refractivity contribution in [2.45, 2.75) is 6.54 Å². The first-order chi connectivity index (χ1) is 8.16. The van der Waals surface area contributed by atoms with Crippen molar-refractivity contribution in [3.63, 3.8) is 0 Å². The molecular weight excluding hydrogens is 288 g/mol. The summed E-state index contributed by atoms with van der Waals surface area (Å²) in [4.78, 5) is 0. The van der Waals surface area contributed by atoms with Crippen LogP contribution < -0.4 is 5.32 Å². The van der Waals surface area contributed by atoms with Gasteiger partial charge in [0.1, 0.15) is 0 Å². The molecule has 2 aromatic carbocycles. The van der Waals surface area contributed by atoms with Crippen molar-refractivity contribution in [1.29, 1.82) is 0 Å². The quantitative estimate of drug-likeness (QED) is 0.889. The fraction of sp³-hybridized carbons (Fsp3) is 0.0769. The predicted molar refractivity (Wildman–Crippen MR) is 67.8 cm³/mol. The summed E-state index contributed by atoms with van der Waals surface area (Å²) in [5.74, 6) is -1.65. The van der Waals surface area contributed by atoms with E-state index in [2.05, 4.69) is 21.2 Å². The molecule has 0 unspecified atom stereocenters. The number of nitrogens with one attached hydrogen (secondary N) is 1. The summed E-state index contributed by atoms with van der Waals surface area (Å²) in [6.07, 6.45) is 0. The number of rotatable bonds is 3. The Bertz CT molecular complexity index is 529. The smallest absolute Gasteiger partial charge is 0.159 e. The summed E-state index contributed by atoms with van der Waals surface area (Å²) in [5, 5.41) is 3.14. The first kappa shape index (κ1) is 12.0. The molecule has 0 aliphatic carbocycles. The highest BCUT2D eigenvalue weighted by Gasteiger charge is 2.03. The first-order valence-electron chi connectivity index (χ1n) is 5.09. The van der Waals surface area contributed by atoms with Crippen LogP contribution in [0.15, 0.2) is 46.9 Å². The van der Waals surface area contributed by atoms with E-state index >= 15 is 0 Å². The van der Waals surface area contributed by atoms with Crippen molar-refractivity contribution in [2.75, 3.05) is 5.32 Å². The molecular formula is C13H10BrF2N. The SMILES string of the molecule is Fc1ccc(CNc2ccccc2Br)cc1F. The minimum Gasteiger partial charge on any atom is -0.380 e. The lowest BCUT2D eigenvalue weighted by Gasteiger charge is -2.08. The number of hydrogen-bond donors (Lipinski definition) is 1. The van der Waals surface area contributed by atoms with E-state index in [1.54, 1.807) is 6.07 Å². The Balaban J connectivity index is 2.08. The molecule has 1 N–H and O–H groups in total. The molecule has 0 heterocycles. The monoisotopic (exact) mass is 297 g/mol. The lowest BCUT2D eigenvalue weighted by molar-refractivity contribution is 0.507. The molecule has 0 aliphatic rings. The van der Waals surface area contributed by atoms with Gasteiger partial charge in [0.15, 0.2) is 11.6 Å². The zero-order chi connectivity index (χ0) is 12.3. The van der Waals surface area contributed by atoms with Gasteiger partial charge in [-0.2, -0.15) is 0 Å². The number of benzene rings is 2. The molecule has 0 aromatic heterocycles. The zero-order valence-corrected chi connectivity index (χ0v) is 10.5. The Morgan fingerprint density at radius 1 is 1.00 bits per heavy atom. The number of hydrogen-bond acceptors (Lipinski definition) is 1. The van der Waals surface area contributed by atoms with Crippen LogP contribution in [-0.2, 0) is 6.54 Å². The summed E-state index contributed by atoms with van der Waals surface area (Å²) < 4.78 is 26.6. The van der Waals surface area contributed by atoms with Gasteiger partial charge in [0, 0.05) is 16.7 Å². The van der Waals surface area contributed by atoms with Crippen molar-refractivity contribution >= 4 is 21.6 Å². The van der Waals surface area contributed by atoms with Crippen molar-refractivity contribution in [3.05, 3.63) is 64.1 Å². The Morgan fingerprint density at radius 2 is 1.76 bits per heavy atom. The Hall–Kier alpha value is -1.42. The maximum absolute atomic E-state index is 13.0. The molecule has 17 heavy (non-hydrogen) atoms. The molecule has 0 fully saturated rings. The molecule has 0 saturated carbocycles. The molecule has 0 aliphatic heterocycles. The van der Waals surface area contributed by atoms with Gasteiger partial charge < -0.3 is 5.32 Å². The van der Waals surface area contributed by atoms with Gasteiger partial charge in [-0.1, -0.05) is 18.2 Å². The lowest BCUT2D eigenvalue weighted by Crippen LogP contribution is -2.00. The van der Waals surface area contributed by atoms with Gasteiger partial charge >= 0.3 is 0 Å². The van der Waals surface area contributed by atoms with E-state index in [0.29, 0.717) is 12.1 Å². The molecule has 0 saturated heterocycles. The molecule has 0 radical (unpaired) electrons. The van der Waals surface area contributed by atoms with Crippen LogP contribution in [0, 0.1) is 11.6 Å². The second-order valence-corrected chi connectivity index (χ2v) is 4.44. The first-order valence-corrected chi connectivity index (χ1v) is 5.88. The minimum atomic E-state index is -0.824. The summed E-state index contributed by atoms with van der Waals surface area (Å²) in [6, 6.07) is 11.5. The van der Waals surface area contributed by atoms with E-state index in [4.69, 9.17) is 0 Å². The third kappa shape index (κ3) is 3.03. The van der Waals surface area contributed by atoms with E-state index in [1.807, 2.05) is 24.3 Å². The van der Waals surface area contributed by atoms with Gasteiger partial charge in [0.05, 0.1) is 0 Å². The van der Waals surface area contributed by atoms with Crippen molar-refractivity contribution < 1.29 is 8.78 Å². The van der Waals surface area contributed by atoms with Gasteiger partial charge in [0.25, 0.3) is 0 Å². The fourth-order valence-electron chi connectivity index (χ4n) is 1.45. The van der Waals surface area contributed by atoms with E-state index in [-0.39, 0.29) is 0 Å². The van der Waals surface area contributed by atoms with Crippen LogP contribution in [0.5, 0.6) is 0 Å². The highest BCUT2D eigenvalue weighted by molar-refractivity contribution is 9.10. The zero-order valence-electron chi connectivity index (χ0n) is 8.88. The molecule has 88 valence electrons. The van der Waals surface area contributed by atoms with Crippen LogP contribution in [0.2, 0.25) is 0 Å². The van der Waals surface area contributed by atoms with Gasteiger partial charge in [-0.25, -0.2) is 8.78 Å². The molecule has 0 spiro atoms.